The molecule has 0 fully saturated rings. The maximum atomic E-state index is 5.73. The minimum atomic E-state index is 0.0237. The van der Waals surface area contributed by atoms with E-state index >= 15 is 0 Å². The lowest BCUT2D eigenvalue weighted by Crippen LogP contribution is -2.29. The molecular weight excluding hydrogens is 414 g/mol. The average molecular weight is 427 g/mol. The zero-order valence-corrected chi connectivity index (χ0v) is 15.0. The lowest BCUT2D eigenvalue weighted by atomic mass is 10.0. The van der Waals surface area contributed by atoms with Gasteiger partial charge >= 0.3 is 0 Å². The molecule has 2 aromatic heterocycles. The van der Waals surface area contributed by atoms with Gasteiger partial charge in [0.1, 0.15) is 0 Å². The minimum Gasteiger partial charge on any atom is -0.271 e. The summed E-state index contributed by atoms with van der Waals surface area (Å²) in [6.45, 7) is 0. The van der Waals surface area contributed by atoms with E-state index in [1.807, 2.05) is 18.2 Å². The monoisotopic (exact) mass is 425 g/mol. The summed E-state index contributed by atoms with van der Waals surface area (Å²) in [6, 6.07) is 14.4. The van der Waals surface area contributed by atoms with E-state index in [2.05, 4.69) is 61.6 Å². The number of nitrogens with one attached hydrogen (secondary N) is 1. The largest absolute Gasteiger partial charge is 0.271 e. The molecule has 3 nitrogen and oxygen atoms in total. The number of halogens is 2. The highest BCUT2D eigenvalue weighted by molar-refractivity contribution is 9.12. The van der Waals surface area contributed by atoms with Gasteiger partial charge in [0.05, 0.1) is 19.1 Å². The van der Waals surface area contributed by atoms with Crippen molar-refractivity contribution in [1.82, 2.24) is 10.4 Å². The van der Waals surface area contributed by atoms with E-state index in [4.69, 9.17) is 10.8 Å². The summed E-state index contributed by atoms with van der Waals surface area (Å²) in [5.74, 6) is 5.73. The van der Waals surface area contributed by atoms with Gasteiger partial charge in [-0.05, 0) is 55.6 Å². The van der Waals surface area contributed by atoms with Crippen molar-refractivity contribution in [3.8, 4) is 0 Å². The average Bonchev–Trinajstić information content (AvgIpc) is 2.83. The molecule has 108 valence electrons. The molecule has 0 bridgehead atoms. The number of thiophene rings is 1. The van der Waals surface area contributed by atoms with Gasteiger partial charge in [-0.15, -0.1) is 11.3 Å². The number of rotatable bonds is 4. The van der Waals surface area contributed by atoms with Gasteiger partial charge in [0.15, 0.2) is 0 Å². The zero-order valence-electron chi connectivity index (χ0n) is 11.0. The smallest absolute Gasteiger partial charge is 0.0758 e. The number of pyridine rings is 1. The number of hydrogen-bond acceptors (Lipinski definition) is 4. The molecule has 0 radical (unpaired) electrons. The summed E-state index contributed by atoms with van der Waals surface area (Å²) in [7, 11) is 0. The predicted molar refractivity (Wildman–Crippen MR) is 95.2 cm³/mol. The number of fused-ring (bicyclic) bond motifs is 1. The number of hydrazine groups is 1. The lowest BCUT2D eigenvalue weighted by molar-refractivity contribution is 0.546. The Morgan fingerprint density at radius 3 is 2.71 bits per heavy atom. The van der Waals surface area contributed by atoms with Crippen LogP contribution in [0.2, 0.25) is 0 Å². The Morgan fingerprint density at radius 2 is 2.00 bits per heavy atom. The molecule has 0 aliphatic heterocycles. The summed E-state index contributed by atoms with van der Waals surface area (Å²) in [5, 5.41) is 1.15. The Labute approximate surface area is 143 Å². The SMILES string of the molecule is NNC(Cc1ccc2ccccc2n1)c1cc(Br)sc1Br. The molecule has 0 saturated carbocycles. The minimum absolute atomic E-state index is 0.0237. The summed E-state index contributed by atoms with van der Waals surface area (Å²) in [6.07, 6.45) is 0.739. The van der Waals surface area contributed by atoms with Crippen molar-refractivity contribution < 1.29 is 0 Å². The van der Waals surface area contributed by atoms with E-state index in [9.17, 15) is 0 Å². The quantitative estimate of drug-likeness (QED) is 0.474. The van der Waals surface area contributed by atoms with Crippen LogP contribution < -0.4 is 11.3 Å². The van der Waals surface area contributed by atoms with Crippen molar-refractivity contribution in [1.29, 1.82) is 0 Å². The first-order valence-corrected chi connectivity index (χ1v) is 8.83. The Bertz CT molecular complexity index is 772. The molecule has 3 N–H and O–H groups in total. The fourth-order valence-electron chi connectivity index (χ4n) is 2.28. The van der Waals surface area contributed by atoms with Crippen LogP contribution in [-0.4, -0.2) is 4.98 Å². The van der Waals surface area contributed by atoms with Gasteiger partial charge in [0.25, 0.3) is 0 Å². The first-order chi connectivity index (χ1) is 10.2. The predicted octanol–water partition coefficient (Wildman–Crippen LogP) is 4.57. The number of nitrogens with two attached hydrogens (primary N) is 1. The summed E-state index contributed by atoms with van der Waals surface area (Å²) >= 11 is 8.73. The number of benzene rings is 1. The highest BCUT2D eigenvalue weighted by Crippen LogP contribution is 2.36. The van der Waals surface area contributed by atoms with Crippen molar-refractivity contribution in [2.75, 3.05) is 0 Å². The van der Waals surface area contributed by atoms with E-state index in [0.29, 0.717) is 0 Å². The molecule has 1 aromatic carbocycles. The third-order valence-electron chi connectivity index (χ3n) is 3.33. The second-order valence-electron chi connectivity index (χ2n) is 4.70. The topological polar surface area (TPSA) is 50.9 Å². The van der Waals surface area contributed by atoms with Crippen LogP contribution in [0.15, 0.2) is 50.0 Å². The van der Waals surface area contributed by atoms with E-state index in [0.717, 1.165) is 36.2 Å². The van der Waals surface area contributed by atoms with Crippen LogP contribution in [0.4, 0.5) is 0 Å². The van der Waals surface area contributed by atoms with Gasteiger partial charge in [0.2, 0.25) is 0 Å². The third kappa shape index (κ3) is 3.35. The molecule has 0 saturated heterocycles. The van der Waals surface area contributed by atoms with Gasteiger partial charge in [-0.1, -0.05) is 24.3 Å². The van der Waals surface area contributed by atoms with Crippen molar-refractivity contribution in [3.05, 3.63) is 61.3 Å². The van der Waals surface area contributed by atoms with Crippen LogP contribution in [0.25, 0.3) is 10.9 Å². The molecule has 21 heavy (non-hydrogen) atoms. The zero-order chi connectivity index (χ0) is 14.8. The Morgan fingerprint density at radius 1 is 1.19 bits per heavy atom. The second kappa shape index (κ2) is 6.54. The molecular formula is C15H13Br2N3S. The van der Waals surface area contributed by atoms with Crippen LogP contribution in [0.1, 0.15) is 17.3 Å². The van der Waals surface area contributed by atoms with Crippen molar-refractivity contribution >= 4 is 54.1 Å². The standard InChI is InChI=1S/C15H13Br2N3S/c16-14-8-11(15(17)21-14)13(20-18)7-10-6-5-9-3-1-2-4-12(9)19-10/h1-6,8,13,20H,7,18H2. The van der Waals surface area contributed by atoms with Crippen LogP contribution >= 0.6 is 43.2 Å². The van der Waals surface area contributed by atoms with Crippen molar-refractivity contribution in [3.63, 3.8) is 0 Å². The van der Waals surface area contributed by atoms with Crippen LogP contribution in [0.5, 0.6) is 0 Å². The van der Waals surface area contributed by atoms with Gasteiger partial charge < -0.3 is 0 Å². The first-order valence-electron chi connectivity index (χ1n) is 6.43. The normalized spacial score (nSPS) is 12.7. The molecule has 3 rings (SSSR count). The highest BCUT2D eigenvalue weighted by atomic mass is 79.9. The molecule has 0 aliphatic rings. The fraction of sp³-hybridized carbons (Fsp3) is 0.133. The summed E-state index contributed by atoms with van der Waals surface area (Å²) in [5.41, 5.74) is 6.06. The Hall–Kier alpha value is -0.790. The van der Waals surface area contributed by atoms with E-state index in [-0.39, 0.29) is 6.04 Å². The van der Waals surface area contributed by atoms with Crippen LogP contribution in [0.3, 0.4) is 0 Å². The molecule has 2 heterocycles. The number of hydrogen-bond donors (Lipinski definition) is 2. The lowest BCUT2D eigenvalue weighted by Gasteiger charge is -2.15. The van der Waals surface area contributed by atoms with E-state index in [1.165, 1.54) is 0 Å². The molecule has 0 amide bonds. The Kier molecular flexibility index (Phi) is 4.71. The van der Waals surface area contributed by atoms with Gasteiger partial charge in [-0.2, -0.15) is 0 Å². The van der Waals surface area contributed by atoms with Crippen molar-refractivity contribution in [2.45, 2.75) is 12.5 Å². The second-order valence-corrected chi connectivity index (χ2v) is 8.45. The molecule has 1 unspecified atom stereocenters. The summed E-state index contributed by atoms with van der Waals surface area (Å²) in [4.78, 5) is 4.71. The molecule has 0 aliphatic carbocycles. The molecule has 0 spiro atoms. The maximum absolute atomic E-state index is 5.73. The number of nitrogens with zero attached hydrogens (tertiary/aromatic N) is 1. The number of para-hydroxylation sites is 1. The Balaban J connectivity index is 1.90. The maximum Gasteiger partial charge on any atom is 0.0758 e. The highest BCUT2D eigenvalue weighted by Gasteiger charge is 2.17. The van der Waals surface area contributed by atoms with Crippen LogP contribution in [-0.2, 0) is 6.42 Å². The van der Waals surface area contributed by atoms with E-state index in [1.54, 1.807) is 11.3 Å². The molecule has 6 heteroatoms. The molecule has 3 aromatic rings. The van der Waals surface area contributed by atoms with E-state index < -0.39 is 0 Å². The fourth-order valence-corrected chi connectivity index (χ4v) is 5.25. The summed E-state index contributed by atoms with van der Waals surface area (Å²) < 4.78 is 2.16. The van der Waals surface area contributed by atoms with Crippen molar-refractivity contribution in [2.24, 2.45) is 5.84 Å². The van der Waals surface area contributed by atoms with Gasteiger partial charge in [-0.25, -0.2) is 0 Å². The first kappa shape index (κ1) is 15.1. The molecule has 1 atom stereocenters. The van der Waals surface area contributed by atoms with Crippen LogP contribution in [0, 0.1) is 0 Å². The van der Waals surface area contributed by atoms with Gasteiger partial charge in [-0.3, -0.25) is 16.3 Å². The van der Waals surface area contributed by atoms with Gasteiger partial charge in [0, 0.05) is 17.5 Å². The third-order valence-corrected chi connectivity index (χ3v) is 5.71. The number of aromatic nitrogens is 1.